The zero-order valence-electron chi connectivity index (χ0n) is 21.5. The summed E-state index contributed by atoms with van der Waals surface area (Å²) in [5.41, 5.74) is -2.07. The minimum absolute atomic E-state index is 0.0388. The van der Waals surface area contributed by atoms with Gasteiger partial charge in [-0.15, -0.1) is 0 Å². The molecule has 0 spiro atoms. The van der Waals surface area contributed by atoms with E-state index < -0.39 is 24.0 Å². The Morgan fingerprint density at radius 2 is 1.78 bits per heavy atom. The highest BCUT2D eigenvalue weighted by molar-refractivity contribution is 5.72. The Labute approximate surface area is 212 Å². The van der Waals surface area contributed by atoms with E-state index in [1.54, 1.807) is 12.2 Å². The zero-order valence-corrected chi connectivity index (χ0v) is 21.5. The first kappa shape index (κ1) is 27.9. The van der Waals surface area contributed by atoms with Crippen LogP contribution in [0.4, 0.5) is 13.2 Å². The summed E-state index contributed by atoms with van der Waals surface area (Å²) in [7, 11) is 0. The average molecular weight is 519 g/mol. The maximum atomic E-state index is 14.5. The molecule has 36 heavy (non-hydrogen) atoms. The van der Waals surface area contributed by atoms with Crippen molar-refractivity contribution in [3.8, 4) is 0 Å². The first-order valence-corrected chi connectivity index (χ1v) is 13.7. The summed E-state index contributed by atoms with van der Waals surface area (Å²) in [6.45, 7) is 4.27. The van der Waals surface area contributed by atoms with Crippen LogP contribution in [0.2, 0.25) is 0 Å². The van der Waals surface area contributed by atoms with Gasteiger partial charge in [-0.1, -0.05) is 31.9 Å². The number of fused-ring (bicyclic) bond motifs is 1. The summed E-state index contributed by atoms with van der Waals surface area (Å²) in [5, 5.41) is 0. The summed E-state index contributed by atoms with van der Waals surface area (Å²) >= 11 is 0. The number of unbranched alkanes of at least 4 members (excludes halogenated alkanes) is 1. The number of hydrogen-bond donors (Lipinski definition) is 0. The van der Waals surface area contributed by atoms with E-state index in [1.807, 2.05) is 6.92 Å². The Balaban J connectivity index is 1.58. The number of alkyl halides is 3. The molecule has 6 nitrogen and oxygen atoms in total. The van der Waals surface area contributed by atoms with Gasteiger partial charge in [0.25, 0.3) is 0 Å². The number of rotatable bonds is 10. The molecule has 8 atom stereocenters. The summed E-state index contributed by atoms with van der Waals surface area (Å²) in [6, 6.07) is 0. The molecular formula is C27H41F3O6. The van der Waals surface area contributed by atoms with Crippen LogP contribution < -0.4 is 0 Å². The van der Waals surface area contributed by atoms with Gasteiger partial charge < -0.3 is 23.7 Å². The van der Waals surface area contributed by atoms with Crippen LogP contribution in [0, 0.1) is 17.3 Å². The van der Waals surface area contributed by atoms with Crippen LogP contribution in [-0.2, 0) is 28.5 Å². The van der Waals surface area contributed by atoms with E-state index in [-0.39, 0.29) is 49.1 Å². The van der Waals surface area contributed by atoms with Gasteiger partial charge in [-0.2, -0.15) is 13.2 Å². The van der Waals surface area contributed by atoms with Crippen LogP contribution in [0.15, 0.2) is 12.2 Å². The van der Waals surface area contributed by atoms with Crippen molar-refractivity contribution in [1.82, 2.24) is 0 Å². The number of carbonyl (C=O) groups excluding carboxylic acids is 1. The van der Waals surface area contributed by atoms with E-state index >= 15 is 0 Å². The van der Waals surface area contributed by atoms with Crippen LogP contribution in [0.5, 0.6) is 0 Å². The highest BCUT2D eigenvalue weighted by atomic mass is 19.4. The molecule has 3 saturated heterocycles. The number of halogens is 3. The highest BCUT2D eigenvalue weighted by Crippen LogP contribution is 2.49. The molecule has 4 rings (SSSR count). The molecule has 0 radical (unpaired) electrons. The molecule has 0 aromatic rings. The summed E-state index contributed by atoms with van der Waals surface area (Å²) in [5.74, 6) is -0.641. The van der Waals surface area contributed by atoms with Gasteiger partial charge in [-0.05, 0) is 51.9 Å². The fraction of sp³-hybridized carbons (Fsp3) is 0.889. The van der Waals surface area contributed by atoms with E-state index in [2.05, 4.69) is 0 Å². The van der Waals surface area contributed by atoms with Crippen LogP contribution in [-0.4, -0.2) is 56.3 Å². The molecule has 1 saturated carbocycles. The van der Waals surface area contributed by atoms with Crippen molar-refractivity contribution in [2.75, 3.05) is 13.2 Å². The predicted octanol–water partition coefficient (Wildman–Crippen LogP) is 6.08. The summed E-state index contributed by atoms with van der Waals surface area (Å²) < 4.78 is 72.9. The third-order valence-corrected chi connectivity index (χ3v) is 8.29. The van der Waals surface area contributed by atoms with Gasteiger partial charge in [0.1, 0.15) is 6.10 Å². The predicted molar refractivity (Wildman–Crippen MR) is 126 cm³/mol. The van der Waals surface area contributed by atoms with Crippen molar-refractivity contribution >= 4 is 5.97 Å². The molecule has 3 unspecified atom stereocenters. The smallest absolute Gasteiger partial charge is 0.397 e. The van der Waals surface area contributed by atoms with Gasteiger partial charge in [0.05, 0.1) is 24.0 Å². The van der Waals surface area contributed by atoms with Crippen molar-refractivity contribution in [2.45, 2.75) is 122 Å². The molecule has 0 aromatic carbocycles. The maximum Gasteiger partial charge on any atom is 0.397 e. The second kappa shape index (κ2) is 12.1. The Morgan fingerprint density at radius 1 is 1.08 bits per heavy atom. The van der Waals surface area contributed by atoms with Crippen molar-refractivity contribution in [3.63, 3.8) is 0 Å². The number of esters is 1. The van der Waals surface area contributed by atoms with Gasteiger partial charge in [0, 0.05) is 31.5 Å². The lowest BCUT2D eigenvalue weighted by atomic mass is 9.77. The molecule has 0 aromatic heterocycles. The third kappa shape index (κ3) is 6.45. The topological polar surface area (TPSA) is 63.2 Å². The lowest BCUT2D eigenvalue weighted by Gasteiger charge is -2.40. The molecule has 206 valence electrons. The van der Waals surface area contributed by atoms with Crippen LogP contribution in [0.3, 0.4) is 0 Å². The number of hydrogen-bond acceptors (Lipinski definition) is 6. The van der Waals surface area contributed by atoms with Crippen LogP contribution in [0.25, 0.3) is 0 Å². The molecule has 1 aliphatic carbocycles. The van der Waals surface area contributed by atoms with Crippen LogP contribution >= 0.6 is 0 Å². The lowest BCUT2D eigenvalue weighted by molar-refractivity contribution is -0.279. The summed E-state index contributed by atoms with van der Waals surface area (Å²) in [6.07, 6.45) is 3.08. The maximum absolute atomic E-state index is 14.5. The number of carbonyl (C=O) groups is 1. The fourth-order valence-electron chi connectivity index (χ4n) is 5.93. The van der Waals surface area contributed by atoms with Crippen molar-refractivity contribution < 1.29 is 41.7 Å². The van der Waals surface area contributed by atoms with Crippen molar-refractivity contribution in [1.29, 1.82) is 0 Å². The van der Waals surface area contributed by atoms with Gasteiger partial charge >= 0.3 is 12.1 Å². The van der Waals surface area contributed by atoms with E-state index in [1.165, 1.54) is 6.92 Å². The van der Waals surface area contributed by atoms with E-state index in [4.69, 9.17) is 23.7 Å². The number of ether oxygens (including phenoxy) is 5. The van der Waals surface area contributed by atoms with E-state index in [9.17, 15) is 18.0 Å². The summed E-state index contributed by atoms with van der Waals surface area (Å²) in [4.78, 5) is 12.0. The standard InChI is InChI=1S/C27H41F3O6/c1-3-4-13-26(2,27(28,29)30)22(36-25-10-6-8-15-33-25)12-11-18-19-16-23(31)34-21(19)17-20(18)35-24-9-5-7-14-32-24/h11-12,18-22,24-25H,3-10,13-17H2,1-2H3/b12-11+/t18-,19-,20-,21+,22+,24?,25?,26?/m0/s1. The molecule has 3 heterocycles. The molecule has 0 bridgehead atoms. The third-order valence-electron chi connectivity index (χ3n) is 8.29. The van der Waals surface area contributed by atoms with Gasteiger partial charge in [-0.25, -0.2) is 0 Å². The molecule has 0 N–H and O–H groups in total. The molecule has 3 aliphatic heterocycles. The molecule has 4 aliphatic rings. The Kier molecular flexibility index (Phi) is 9.39. The van der Waals surface area contributed by atoms with Crippen LogP contribution in [0.1, 0.15) is 84.5 Å². The minimum atomic E-state index is -4.46. The van der Waals surface area contributed by atoms with Gasteiger partial charge in [0.2, 0.25) is 0 Å². The zero-order chi connectivity index (χ0) is 25.8. The quantitative estimate of drug-likeness (QED) is 0.258. The second-order valence-corrected chi connectivity index (χ2v) is 10.9. The van der Waals surface area contributed by atoms with Gasteiger partial charge in [0.15, 0.2) is 12.6 Å². The second-order valence-electron chi connectivity index (χ2n) is 10.9. The van der Waals surface area contributed by atoms with E-state index in [0.717, 1.165) is 32.1 Å². The monoisotopic (exact) mass is 518 g/mol. The fourth-order valence-corrected chi connectivity index (χ4v) is 5.93. The van der Waals surface area contributed by atoms with E-state index in [0.29, 0.717) is 38.9 Å². The van der Waals surface area contributed by atoms with Gasteiger partial charge in [-0.3, -0.25) is 4.79 Å². The molecular weight excluding hydrogens is 477 g/mol. The molecule has 0 amide bonds. The Hall–Kier alpha value is -1.16. The SMILES string of the molecule is CCCCC(C)([C@@H](/C=C/[C@H]1[C@@H]2CC(=O)O[C@@H]2C[C@@H]1OC1CCCCO1)OC1CCCCO1)C(F)(F)F. The van der Waals surface area contributed by atoms with Crippen molar-refractivity contribution in [3.05, 3.63) is 12.2 Å². The molecule has 4 fully saturated rings. The Morgan fingerprint density at radius 3 is 2.39 bits per heavy atom. The average Bonchev–Trinajstić information content (AvgIpc) is 3.36. The molecule has 9 heteroatoms. The Bertz CT molecular complexity index is 746. The largest absolute Gasteiger partial charge is 0.462 e. The minimum Gasteiger partial charge on any atom is -0.462 e. The van der Waals surface area contributed by atoms with Crippen molar-refractivity contribution in [2.24, 2.45) is 17.3 Å². The first-order valence-electron chi connectivity index (χ1n) is 13.7. The normalized spacial score (nSPS) is 36.0. The first-order chi connectivity index (χ1) is 17.2. The highest BCUT2D eigenvalue weighted by Gasteiger charge is 2.56. The lowest BCUT2D eigenvalue weighted by Crippen LogP contribution is -2.47.